The van der Waals surface area contributed by atoms with E-state index < -0.39 is 5.97 Å². The van der Waals surface area contributed by atoms with Crippen LogP contribution >= 0.6 is 0 Å². The maximum atomic E-state index is 13.2. The van der Waals surface area contributed by atoms with Crippen LogP contribution in [0.4, 0.5) is 0 Å². The van der Waals surface area contributed by atoms with Gasteiger partial charge in [-0.2, -0.15) is 0 Å². The van der Waals surface area contributed by atoms with Crippen LogP contribution in [-0.2, 0) is 19.1 Å². The predicted octanol–water partition coefficient (Wildman–Crippen LogP) is 4.42. The normalized spacial score (nSPS) is 15.3. The van der Waals surface area contributed by atoms with Crippen LogP contribution in [-0.4, -0.2) is 48.2 Å². The number of ether oxygens (including phenoxy) is 2. The highest BCUT2D eigenvalue weighted by molar-refractivity contribution is 6.16. The number of amides is 1. The number of aryl methyl sites for hydroxylation is 3. The summed E-state index contributed by atoms with van der Waals surface area (Å²) in [6.45, 7) is 12.8. The molecule has 2 aromatic rings. The Morgan fingerprint density at radius 1 is 1.06 bits per heavy atom. The van der Waals surface area contributed by atoms with E-state index in [2.05, 4.69) is 36.6 Å². The summed E-state index contributed by atoms with van der Waals surface area (Å²) < 4.78 is 12.6. The Bertz CT molecular complexity index is 1120. The van der Waals surface area contributed by atoms with Crippen molar-refractivity contribution in [2.75, 3.05) is 26.9 Å². The maximum absolute atomic E-state index is 13.2. The van der Waals surface area contributed by atoms with E-state index in [1.54, 1.807) is 25.9 Å². The smallest absolute Gasteiger partial charge is 0.340 e. The average Bonchev–Trinajstić information content (AvgIpc) is 3.15. The summed E-state index contributed by atoms with van der Waals surface area (Å²) in [6, 6.07) is 8.41. The number of allylic oxidation sites excluding steroid dienone is 1. The zero-order valence-corrected chi connectivity index (χ0v) is 20.0. The second kappa shape index (κ2) is 9.57. The Balaban J connectivity index is 2.10. The molecule has 0 saturated carbocycles. The fourth-order valence-electron chi connectivity index (χ4n) is 4.13. The van der Waals surface area contributed by atoms with Crippen LogP contribution in [0.2, 0.25) is 0 Å². The molecule has 1 aliphatic rings. The average molecular weight is 437 g/mol. The summed E-state index contributed by atoms with van der Waals surface area (Å²) in [5, 5.41) is 0. The summed E-state index contributed by atoms with van der Waals surface area (Å²) in [5.74, 6) is -0.689. The van der Waals surface area contributed by atoms with E-state index in [4.69, 9.17) is 9.47 Å². The SMILES string of the molecule is CCOC(=O)C1=C(C)N(CCOC)C(=O)/C1=C/c1cc(C)n(-c2ccc(C)c(C)c2)c1C. The molecule has 0 N–H and O–H groups in total. The summed E-state index contributed by atoms with van der Waals surface area (Å²) in [5.41, 5.74) is 7.77. The Morgan fingerprint density at radius 2 is 1.78 bits per heavy atom. The van der Waals surface area contributed by atoms with E-state index in [1.807, 2.05) is 26.0 Å². The first kappa shape index (κ1) is 23.5. The van der Waals surface area contributed by atoms with Crippen LogP contribution in [0.25, 0.3) is 11.8 Å². The second-order valence-electron chi connectivity index (χ2n) is 8.12. The fourth-order valence-corrected chi connectivity index (χ4v) is 4.13. The molecule has 3 rings (SSSR count). The summed E-state index contributed by atoms with van der Waals surface area (Å²) in [7, 11) is 1.59. The van der Waals surface area contributed by atoms with E-state index in [-0.39, 0.29) is 12.5 Å². The molecule has 0 bridgehead atoms. The molecule has 0 atom stereocenters. The van der Waals surface area contributed by atoms with Gasteiger partial charge in [-0.15, -0.1) is 0 Å². The van der Waals surface area contributed by atoms with Crippen molar-refractivity contribution in [3.8, 4) is 5.69 Å². The minimum absolute atomic E-state index is 0.210. The summed E-state index contributed by atoms with van der Waals surface area (Å²) >= 11 is 0. The number of esters is 1. The van der Waals surface area contributed by atoms with Crippen molar-refractivity contribution in [2.24, 2.45) is 0 Å². The van der Waals surface area contributed by atoms with Gasteiger partial charge in [0.25, 0.3) is 5.91 Å². The molecular weight excluding hydrogens is 404 g/mol. The van der Waals surface area contributed by atoms with Crippen molar-refractivity contribution in [1.82, 2.24) is 9.47 Å². The number of nitrogens with zero attached hydrogens (tertiary/aromatic N) is 2. The van der Waals surface area contributed by atoms with Gasteiger partial charge >= 0.3 is 5.97 Å². The van der Waals surface area contributed by atoms with Crippen molar-refractivity contribution in [1.29, 1.82) is 0 Å². The molecule has 1 amide bonds. The van der Waals surface area contributed by atoms with Crippen molar-refractivity contribution >= 4 is 18.0 Å². The lowest BCUT2D eigenvalue weighted by Crippen LogP contribution is -2.28. The Labute approximate surface area is 190 Å². The van der Waals surface area contributed by atoms with Crippen molar-refractivity contribution in [3.05, 3.63) is 69.2 Å². The lowest BCUT2D eigenvalue weighted by molar-refractivity contribution is -0.138. The number of aromatic nitrogens is 1. The molecule has 0 radical (unpaired) electrons. The molecule has 1 aromatic heterocycles. The van der Waals surface area contributed by atoms with Gasteiger partial charge in [0.05, 0.1) is 24.4 Å². The van der Waals surface area contributed by atoms with Crippen LogP contribution in [0, 0.1) is 27.7 Å². The van der Waals surface area contributed by atoms with Gasteiger partial charge in [-0.25, -0.2) is 4.79 Å². The molecule has 6 nitrogen and oxygen atoms in total. The molecule has 32 heavy (non-hydrogen) atoms. The van der Waals surface area contributed by atoms with E-state index in [0.29, 0.717) is 30.0 Å². The number of hydrogen-bond donors (Lipinski definition) is 0. The highest BCUT2D eigenvalue weighted by Gasteiger charge is 2.37. The van der Waals surface area contributed by atoms with Crippen LogP contribution in [0.3, 0.4) is 0 Å². The van der Waals surface area contributed by atoms with Crippen LogP contribution in [0.1, 0.15) is 41.9 Å². The number of carbonyl (C=O) groups excluding carboxylic acids is 2. The lowest BCUT2D eigenvalue weighted by atomic mass is 10.0. The van der Waals surface area contributed by atoms with Gasteiger partial charge in [0, 0.05) is 36.4 Å². The van der Waals surface area contributed by atoms with Crippen LogP contribution in [0.5, 0.6) is 0 Å². The van der Waals surface area contributed by atoms with Gasteiger partial charge in [0.2, 0.25) is 0 Å². The highest BCUT2D eigenvalue weighted by atomic mass is 16.5. The summed E-state index contributed by atoms with van der Waals surface area (Å²) in [6.07, 6.45) is 1.81. The quantitative estimate of drug-likeness (QED) is 0.476. The third-order valence-corrected chi connectivity index (χ3v) is 6.03. The lowest BCUT2D eigenvalue weighted by Gasteiger charge is -2.16. The Morgan fingerprint density at radius 3 is 2.41 bits per heavy atom. The largest absolute Gasteiger partial charge is 0.462 e. The standard InChI is InChI=1S/C26H32N2O4/c1-8-32-26(30)24-20(6)27(11-12-31-7)25(29)23(24)15-21-14-18(4)28(19(21)5)22-10-9-16(2)17(3)13-22/h9-10,13-15H,8,11-12H2,1-7H3/b23-15+. The zero-order valence-electron chi connectivity index (χ0n) is 20.0. The van der Waals surface area contributed by atoms with Gasteiger partial charge in [-0.05, 0) is 82.5 Å². The van der Waals surface area contributed by atoms with E-state index in [9.17, 15) is 9.59 Å². The highest BCUT2D eigenvalue weighted by Crippen LogP contribution is 2.33. The van der Waals surface area contributed by atoms with E-state index >= 15 is 0 Å². The van der Waals surface area contributed by atoms with Gasteiger partial charge < -0.3 is 18.9 Å². The van der Waals surface area contributed by atoms with Crippen molar-refractivity contribution < 1.29 is 19.1 Å². The maximum Gasteiger partial charge on any atom is 0.340 e. The third kappa shape index (κ3) is 4.28. The van der Waals surface area contributed by atoms with Crippen LogP contribution < -0.4 is 0 Å². The Kier molecular flexibility index (Phi) is 7.04. The molecule has 2 heterocycles. The molecule has 0 spiro atoms. The predicted molar refractivity (Wildman–Crippen MR) is 126 cm³/mol. The third-order valence-electron chi connectivity index (χ3n) is 6.03. The molecule has 1 aromatic carbocycles. The van der Waals surface area contributed by atoms with Gasteiger partial charge in [-0.1, -0.05) is 6.07 Å². The monoisotopic (exact) mass is 436 g/mol. The number of benzene rings is 1. The van der Waals surface area contributed by atoms with Crippen molar-refractivity contribution in [3.63, 3.8) is 0 Å². The Hall–Kier alpha value is -3.12. The molecule has 170 valence electrons. The molecule has 1 aliphatic heterocycles. The first-order valence-electron chi connectivity index (χ1n) is 10.9. The van der Waals surface area contributed by atoms with E-state index in [1.165, 1.54) is 11.1 Å². The number of hydrogen-bond acceptors (Lipinski definition) is 4. The molecule has 0 unspecified atom stereocenters. The first-order chi connectivity index (χ1) is 15.2. The summed E-state index contributed by atoms with van der Waals surface area (Å²) in [4.78, 5) is 27.6. The molecule has 0 fully saturated rings. The molecule has 6 heteroatoms. The van der Waals surface area contributed by atoms with Crippen LogP contribution in [0.15, 0.2) is 41.1 Å². The molecule has 0 aliphatic carbocycles. The minimum Gasteiger partial charge on any atom is -0.462 e. The first-order valence-corrected chi connectivity index (χ1v) is 10.9. The number of methoxy groups -OCH3 is 1. The molecular formula is C26H32N2O4. The molecule has 0 saturated heterocycles. The fraction of sp³-hybridized carbons (Fsp3) is 0.385. The topological polar surface area (TPSA) is 60.8 Å². The number of carbonyl (C=O) groups is 2. The second-order valence-corrected chi connectivity index (χ2v) is 8.12. The van der Waals surface area contributed by atoms with Crippen molar-refractivity contribution in [2.45, 2.75) is 41.5 Å². The van der Waals surface area contributed by atoms with E-state index in [0.717, 1.165) is 22.6 Å². The number of rotatable bonds is 7. The van der Waals surface area contributed by atoms with Gasteiger partial charge in [0.1, 0.15) is 0 Å². The van der Waals surface area contributed by atoms with Gasteiger partial charge in [-0.3, -0.25) is 4.79 Å². The zero-order chi connectivity index (χ0) is 23.6. The van der Waals surface area contributed by atoms with Gasteiger partial charge in [0.15, 0.2) is 0 Å². The minimum atomic E-state index is -0.479.